The van der Waals surface area contributed by atoms with Crippen LogP contribution in [0.2, 0.25) is 0 Å². The summed E-state index contributed by atoms with van der Waals surface area (Å²) in [6, 6.07) is 7.67. The van der Waals surface area contributed by atoms with Gasteiger partial charge in [-0.2, -0.15) is 0 Å². The summed E-state index contributed by atoms with van der Waals surface area (Å²) in [6.07, 6.45) is 1.95. The van der Waals surface area contributed by atoms with Gasteiger partial charge in [-0.15, -0.1) is 0 Å². The van der Waals surface area contributed by atoms with Crippen LogP contribution in [0.25, 0.3) is 0 Å². The number of fused-ring (bicyclic) bond motifs is 1. The van der Waals surface area contributed by atoms with Gasteiger partial charge in [-0.3, -0.25) is 4.79 Å². The van der Waals surface area contributed by atoms with Gasteiger partial charge in [-0.05, 0) is 43.5 Å². The van der Waals surface area contributed by atoms with Crippen molar-refractivity contribution in [3.63, 3.8) is 0 Å². The van der Waals surface area contributed by atoms with Crippen molar-refractivity contribution < 1.29 is 9.32 Å². The standard InChI is InChI=1S/C14H13BrN2O2/c1-9-7-13(19-16-9)14(18)17-6-2-3-10-8-11(15)4-5-12(10)17/h4-5,7-8H,2-3,6H2,1H3. The highest BCUT2D eigenvalue weighted by Crippen LogP contribution is 2.30. The number of hydrogen-bond donors (Lipinski definition) is 0. The molecule has 3 rings (SSSR count). The Balaban J connectivity index is 1.97. The van der Waals surface area contributed by atoms with Gasteiger partial charge in [0.15, 0.2) is 0 Å². The first kappa shape index (κ1) is 12.4. The molecule has 0 aliphatic carbocycles. The quantitative estimate of drug-likeness (QED) is 0.809. The van der Waals surface area contributed by atoms with Gasteiger partial charge in [0, 0.05) is 22.8 Å². The first-order valence-corrected chi connectivity index (χ1v) is 6.98. The normalized spacial score (nSPS) is 14.3. The molecular formula is C14H13BrN2O2. The van der Waals surface area contributed by atoms with Crippen molar-refractivity contribution in [1.29, 1.82) is 0 Å². The lowest BCUT2D eigenvalue weighted by Gasteiger charge is -2.28. The van der Waals surface area contributed by atoms with E-state index in [0.29, 0.717) is 12.3 Å². The number of aromatic nitrogens is 1. The molecule has 4 nitrogen and oxygen atoms in total. The molecule has 2 heterocycles. The maximum Gasteiger partial charge on any atom is 0.296 e. The summed E-state index contributed by atoms with van der Waals surface area (Å²) in [5.74, 6) is 0.178. The Bertz CT molecular complexity index is 636. The minimum Gasteiger partial charge on any atom is -0.351 e. The van der Waals surface area contributed by atoms with E-state index in [2.05, 4.69) is 27.2 Å². The number of halogens is 1. The fourth-order valence-corrected chi connectivity index (χ4v) is 2.78. The number of aryl methyl sites for hydroxylation is 2. The fraction of sp³-hybridized carbons (Fsp3) is 0.286. The van der Waals surface area contributed by atoms with E-state index in [0.717, 1.165) is 28.7 Å². The van der Waals surface area contributed by atoms with Crippen molar-refractivity contribution in [2.24, 2.45) is 0 Å². The number of nitrogens with zero attached hydrogens (tertiary/aromatic N) is 2. The van der Waals surface area contributed by atoms with E-state index >= 15 is 0 Å². The van der Waals surface area contributed by atoms with Crippen LogP contribution in [-0.4, -0.2) is 17.6 Å². The molecule has 1 aromatic carbocycles. The van der Waals surface area contributed by atoms with Gasteiger partial charge >= 0.3 is 0 Å². The summed E-state index contributed by atoms with van der Waals surface area (Å²) in [5.41, 5.74) is 2.87. The van der Waals surface area contributed by atoms with Gasteiger partial charge < -0.3 is 9.42 Å². The van der Waals surface area contributed by atoms with Gasteiger partial charge in [0.2, 0.25) is 5.76 Å². The van der Waals surface area contributed by atoms with Crippen LogP contribution in [0.1, 0.15) is 28.2 Å². The van der Waals surface area contributed by atoms with Crippen LogP contribution in [0.4, 0.5) is 5.69 Å². The SMILES string of the molecule is Cc1cc(C(=O)N2CCCc3cc(Br)ccc32)on1. The number of carbonyl (C=O) groups excluding carboxylic acids is 1. The second-order valence-corrected chi connectivity index (χ2v) is 5.58. The molecule has 1 aliphatic rings. The molecule has 0 radical (unpaired) electrons. The lowest BCUT2D eigenvalue weighted by atomic mass is 10.0. The smallest absolute Gasteiger partial charge is 0.296 e. The summed E-state index contributed by atoms with van der Waals surface area (Å²) in [4.78, 5) is 14.2. The number of rotatable bonds is 1. The zero-order valence-corrected chi connectivity index (χ0v) is 12.1. The zero-order chi connectivity index (χ0) is 13.4. The minimum absolute atomic E-state index is 0.121. The largest absolute Gasteiger partial charge is 0.351 e. The average molecular weight is 321 g/mol. The van der Waals surface area contributed by atoms with Crippen LogP contribution in [-0.2, 0) is 6.42 Å². The summed E-state index contributed by atoms with van der Waals surface area (Å²) in [7, 11) is 0. The van der Waals surface area contributed by atoms with E-state index in [1.807, 2.05) is 19.1 Å². The van der Waals surface area contributed by atoms with E-state index in [9.17, 15) is 4.79 Å². The molecule has 1 amide bonds. The molecular weight excluding hydrogens is 308 g/mol. The molecule has 1 aromatic heterocycles. The van der Waals surface area contributed by atoms with E-state index in [-0.39, 0.29) is 5.91 Å². The third-order valence-electron chi connectivity index (χ3n) is 3.24. The van der Waals surface area contributed by atoms with Crippen molar-refractivity contribution in [2.75, 3.05) is 11.4 Å². The van der Waals surface area contributed by atoms with Gasteiger partial charge in [-0.1, -0.05) is 21.1 Å². The van der Waals surface area contributed by atoms with Crippen molar-refractivity contribution in [3.8, 4) is 0 Å². The zero-order valence-electron chi connectivity index (χ0n) is 10.5. The van der Waals surface area contributed by atoms with E-state index in [1.54, 1.807) is 11.0 Å². The topological polar surface area (TPSA) is 46.3 Å². The fourth-order valence-electron chi connectivity index (χ4n) is 2.37. The molecule has 0 N–H and O–H groups in total. The summed E-state index contributed by atoms with van der Waals surface area (Å²) in [5, 5.41) is 3.77. The second-order valence-electron chi connectivity index (χ2n) is 4.67. The first-order chi connectivity index (χ1) is 9.15. The molecule has 2 aromatic rings. The molecule has 1 aliphatic heterocycles. The summed E-state index contributed by atoms with van der Waals surface area (Å²) < 4.78 is 6.11. The van der Waals surface area contributed by atoms with Crippen LogP contribution >= 0.6 is 15.9 Å². The van der Waals surface area contributed by atoms with Crippen molar-refractivity contribution in [2.45, 2.75) is 19.8 Å². The highest BCUT2D eigenvalue weighted by molar-refractivity contribution is 9.10. The van der Waals surface area contributed by atoms with Crippen molar-refractivity contribution in [3.05, 3.63) is 45.8 Å². The lowest BCUT2D eigenvalue weighted by molar-refractivity contribution is 0.0949. The van der Waals surface area contributed by atoms with Crippen LogP contribution in [0.5, 0.6) is 0 Å². The molecule has 0 fully saturated rings. The number of hydrogen-bond acceptors (Lipinski definition) is 3. The monoisotopic (exact) mass is 320 g/mol. The first-order valence-electron chi connectivity index (χ1n) is 6.19. The van der Waals surface area contributed by atoms with E-state index in [1.165, 1.54) is 5.56 Å². The Hall–Kier alpha value is -1.62. The van der Waals surface area contributed by atoms with Crippen LogP contribution in [0.3, 0.4) is 0 Å². The molecule has 19 heavy (non-hydrogen) atoms. The lowest BCUT2D eigenvalue weighted by Crippen LogP contribution is -2.35. The van der Waals surface area contributed by atoms with Gasteiger partial charge in [0.25, 0.3) is 5.91 Å². The predicted molar refractivity (Wildman–Crippen MR) is 75.4 cm³/mol. The maximum atomic E-state index is 12.4. The van der Waals surface area contributed by atoms with Gasteiger partial charge in [0.05, 0.1) is 5.69 Å². The Morgan fingerprint density at radius 2 is 2.26 bits per heavy atom. The van der Waals surface area contributed by atoms with Crippen LogP contribution in [0.15, 0.2) is 33.3 Å². The second kappa shape index (κ2) is 4.81. The minimum atomic E-state index is -0.121. The average Bonchev–Trinajstić information content (AvgIpc) is 2.83. The molecule has 0 bridgehead atoms. The van der Waals surface area contributed by atoms with E-state index < -0.39 is 0 Å². The molecule has 0 spiro atoms. The number of benzene rings is 1. The Labute approximate surface area is 119 Å². The number of amides is 1. The summed E-state index contributed by atoms with van der Waals surface area (Å²) in [6.45, 7) is 2.52. The van der Waals surface area contributed by atoms with Crippen molar-refractivity contribution >= 4 is 27.5 Å². The maximum absolute atomic E-state index is 12.4. The van der Waals surface area contributed by atoms with Gasteiger partial charge in [-0.25, -0.2) is 0 Å². The predicted octanol–water partition coefficient (Wildman–Crippen LogP) is 3.34. The Morgan fingerprint density at radius 3 is 3.00 bits per heavy atom. The molecule has 0 saturated heterocycles. The molecule has 98 valence electrons. The highest BCUT2D eigenvalue weighted by Gasteiger charge is 2.26. The van der Waals surface area contributed by atoms with Crippen molar-refractivity contribution in [1.82, 2.24) is 5.16 Å². The number of anilines is 1. The molecule has 5 heteroatoms. The molecule has 0 unspecified atom stereocenters. The molecule has 0 saturated carbocycles. The molecule has 0 atom stereocenters. The highest BCUT2D eigenvalue weighted by atomic mass is 79.9. The Kier molecular flexibility index (Phi) is 3.14. The van der Waals surface area contributed by atoms with Crippen LogP contribution in [0, 0.1) is 6.92 Å². The number of carbonyl (C=O) groups is 1. The summed E-state index contributed by atoms with van der Waals surface area (Å²) >= 11 is 3.46. The third-order valence-corrected chi connectivity index (χ3v) is 3.74. The Morgan fingerprint density at radius 1 is 1.42 bits per heavy atom. The van der Waals surface area contributed by atoms with E-state index in [4.69, 9.17) is 4.52 Å². The van der Waals surface area contributed by atoms with Crippen LogP contribution < -0.4 is 4.90 Å². The third kappa shape index (κ3) is 2.30. The van der Waals surface area contributed by atoms with Gasteiger partial charge in [0.1, 0.15) is 0 Å².